The van der Waals surface area contributed by atoms with Gasteiger partial charge in [0.25, 0.3) is 0 Å². The maximum atomic E-state index is 11.8. The highest BCUT2D eigenvalue weighted by molar-refractivity contribution is 5.84. The summed E-state index contributed by atoms with van der Waals surface area (Å²) < 4.78 is 0. The molecule has 0 aromatic carbocycles. The average Bonchev–Trinajstić information content (AvgIpc) is 3.29. The standard InChI is InChI=1S/C16H32N4O/c1-4-7-18-16(3,15(17)21)12-13(2)19-8-10-20(11-9-19)14-5-6-14/h13-14,18H,4-12H2,1-3H3,(H2,17,21). The van der Waals surface area contributed by atoms with Crippen molar-refractivity contribution in [3.8, 4) is 0 Å². The number of nitrogens with one attached hydrogen (secondary N) is 1. The van der Waals surface area contributed by atoms with E-state index in [0.29, 0.717) is 6.04 Å². The maximum Gasteiger partial charge on any atom is 0.237 e. The summed E-state index contributed by atoms with van der Waals surface area (Å²) in [5.74, 6) is -0.237. The fourth-order valence-corrected chi connectivity index (χ4v) is 3.36. The molecule has 1 aliphatic heterocycles. The van der Waals surface area contributed by atoms with E-state index in [9.17, 15) is 4.79 Å². The van der Waals surface area contributed by atoms with Crippen molar-refractivity contribution in [1.29, 1.82) is 0 Å². The molecule has 0 aromatic rings. The zero-order valence-corrected chi connectivity index (χ0v) is 13.9. The first-order chi connectivity index (χ1) is 9.96. The Labute approximate surface area is 129 Å². The summed E-state index contributed by atoms with van der Waals surface area (Å²) in [5.41, 5.74) is 5.04. The topological polar surface area (TPSA) is 61.6 Å². The summed E-state index contributed by atoms with van der Waals surface area (Å²) in [7, 11) is 0. The molecule has 2 atom stereocenters. The van der Waals surface area contributed by atoms with Gasteiger partial charge in [-0.2, -0.15) is 0 Å². The fraction of sp³-hybridized carbons (Fsp3) is 0.938. The lowest BCUT2D eigenvalue weighted by Gasteiger charge is -2.41. The van der Waals surface area contributed by atoms with Crippen LogP contribution in [-0.2, 0) is 4.79 Å². The van der Waals surface area contributed by atoms with E-state index in [4.69, 9.17) is 5.73 Å². The van der Waals surface area contributed by atoms with E-state index in [-0.39, 0.29) is 5.91 Å². The van der Waals surface area contributed by atoms with E-state index in [1.165, 1.54) is 25.9 Å². The van der Waals surface area contributed by atoms with Crippen molar-refractivity contribution >= 4 is 5.91 Å². The van der Waals surface area contributed by atoms with E-state index in [0.717, 1.165) is 38.5 Å². The molecule has 0 spiro atoms. The van der Waals surface area contributed by atoms with Gasteiger partial charge in [0.2, 0.25) is 5.91 Å². The van der Waals surface area contributed by atoms with Crippen molar-refractivity contribution in [2.45, 2.75) is 64.1 Å². The van der Waals surface area contributed by atoms with Crippen LogP contribution in [0.25, 0.3) is 0 Å². The summed E-state index contributed by atoms with van der Waals surface area (Å²) in [5, 5.41) is 3.34. The largest absolute Gasteiger partial charge is 0.368 e. The van der Waals surface area contributed by atoms with E-state index in [1.807, 2.05) is 6.92 Å². The molecule has 2 aliphatic rings. The van der Waals surface area contributed by atoms with Crippen molar-refractivity contribution < 1.29 is 4.79 Å². The van der Waals surface area contributed by atoms with E-state index >= 15 is 0 Å². The van der Waals surface area contributed by atoms with Crippen LogP contribution in [0.5, 0.6) is 0 Å². The van der Waals surface area contributed by atoms with Crippen molar-refractivity contribution in [2.75, 3.05) is 32.7 Å². The highest BCUT2D eigenvalue weighted by atomic mass is 16.1. The highest BCUT2D eigenvalue weighted by Gasteiger charge is 2.36. The number of primary amides is 1. The Morgan fingerprint density at radius 1 is 1.33 bits per heavy atom. The van der Waals surface area contributed by atoms with Crippen molar-refractivity contribution in [3.05, 3.63) is 0 Å². The molecular formula is C16H32N4O. The Balaban J connectivity index is 1.83. The van der Waals surface area contributed by atoms with Gasteiger partial charge in [-0.05, 0) is 46.1 Å². The minimum atomic E-state index is -0.594. The number of hydrogen-bond acceptors (Lipinski definition) is 4. The van der Waals surface area contributed by atoms with Crippen LogP contribution in [-0.4, -0.2) is 66.1 Å². The molecule has 5 heteroatoms. The molecule has 1 amide bonds. The molecular weight excluding hydrogens is 264 g/mol. The van der Waals surface area contributed by atoms with Crippen molar-refractivity contribution in [1.82, 2.24) is 15.1 Å². The first kappa shape index (κ1) is 16.7. The molecule has 0 bridgehead atoms. The van der Waals surface area contributed by atoms with Gasteiger partial charge >= 0.3 is 0 Å². The van der Waals surface area contributed by atoms with Gasteiger partial charge in [-0.25, -0.2) is 0 Å². The van der Waals surface area contributed by atoms with E-state index in [1.54, 1.807) is 0 Å². The number of piperazine rings is 1. The number of amides is 1. The molecule has 2 fully saturated rings. The second kappa shape index (κ2) is 7.07. The molecule has 1 saturated carbocycles. The summed E-state index contributed by atoms with van der Waals surface area (Å²) in [6.07, 6.45) is 4.57. The highest BCUT2D eigenvalue weighted by Crippen LogP contribution is 2.28. The van der Waals surface area contributed by atoms with Gasteiger partial charge in [0.05, 0.1) is 5.54 Å². The lowest BCUT2D eigenvalue weighted by atomic mass is 9.91. The van der Waals surface area contributed by atoms with Crippen LogP contribution in [0.4, 0.5) is 0 Å². The molecule has 1 aliphatic carbocycles. The predicted octanol–water partition coefficient (Wildman–Crippen LogP) is 0.789. The minimum absolute atomic E-state index is 0.237. The molecule has 0 radical (unpaired) electrons. The third-order valence-corrected chi connectivity index (χ3v) is 5.05. The molecule has 0 aromatic heterocycles. The van der Waals surface area contributed by atoms with Crippen LogP contribution < -0.4 is 11.1 Å². The number of nitrogens with two attached hydrogens (primary N) is 1. The van der Waals surface area contributed by atoms with Gasteiger partial charge < -0.3 is 11.1 Å². The zero-order valence-electron chi connectivity index (χ0n) is 13.9. The second-order valence-corrected chi connectivity index (χ2v) is 6.98. The lowest BCUT2D eigenvalue weighted by molar-refractivity contribution is -0.124. The van der Waals surface area contributed by atoms with Crippen molar-refractivity contribution in [3.63, 3.8) is 0 Å². The monoisotopic (exact) mass is 296 g/mol. The number of nitrogens with zero attached hydrogens (tertiary/aromatic N) is 2. The third-order valence-electron chi connectivity index (χ3n) is 5.05. The molecule has 2 rings (SSSR count). The van der Waals surface area contributed by atoms with Gasteiger partial charge in [-0.15, -0.1) is 0 Å². The van der Waals surface area contributed by atoms with Gasteiger partial charge in [0.15, 0.2) is 0 Å². The van der Waals surface area contributed by atoms with Gasteiger partial charge in [-0.1, -0.05) is 6.92 Å². The molecule has 122 valence electrons. The normalized spacial score (nSPS) is 25.5. The van der Waals surface area contributed by atoms with Crippen LogP contribution in [0, 0.1) is 0 Å². The van der Waals surface area contributed by atoms with Crippen LogP contribution in [0.15, 0.2) is 0 Å². The summed E-state index contributed by atoms with van der Waals surface area (Å²) in [4.78, 5) is 17.0. The molecule has 2 unspecified atom stereocenters. The Kier molecular flexibility index (Phi) is 5.63. The van der Waals surface area contributed by atoms with Gasteiger partial charge in [-0.3, -0.25) is 14.6 Å². The molecule has 21 heavy (non-hydrogen) atoms. The zero-order chi connectivity index (χ0) is 15.5. The molecule has 5 nitrogen and oxygen atoms in total. The quantitative estimate of drug-likeness (QED) is 0.695. The van der Waals surface area contributed by atoms with Gasteiger partial charge in [0.1, 0.15) is 0 Å². The van der Waals surface area contributed by atoms with Crippen LogP contribution >= 0.6 is 0 Å². The fourth-order valence-electron chi connectivity index (χ4n) is 3.36. The Bertz CT molecular complexity index is 350. The lowest BCUT2D eigenvalue weighted by Crippen LogP contribution is -2.58. The second-order valence-electron chi connectivity index (χ2n) is 6.98. The molecule has 1 saturated heterocycles. The summed E-state index contributed by atoms with van der Waals surface area (Å²) >= 11 is 0. The predicted molar refractivity (Wildman–Crippen MR) is 86.1 cm³/mol. The first-order valence-corrected chi connectivity index (χ1v) is 8.49. The average molecular weight is 296 g/mol. The Hall–Kier alpha value is -0.650. The third kappa shape index (κ3) is 4.41. The molecule has 3 N–H and O–H groups in total. The number of hydrogen-bond donors (Lipinski definition) is 2. The first-order valence-electron chi connectivity index (χ1n) is 8.49. The SMILES string of the molecule is CCCNC(C)(CC(C)N1CCN(C2CC2)CC1)C(N)=O. The summed E-state index contributed by atoms with van der Waals surface area (Å²) in [6.45, 7) is 11.7. The van der Waals surface area contributed by atoms with Crippen molar-refractivity contribution in [2.24, 2.45) is 5.73 Å². The summed E-state index contributed by atoms with van der Waals surface area (Å²) in [6, 6.07) is 1.25. The van der Waals surface area contributed by atoms with Crippen LogP contribution in [0.1, 0.15) is 46.5 Å². The number of carbonyl (C=O) groups is 1. The minimum Gasteiger partial charge on any atom is -0.368 e. The smallest absolute Gasteiger partial charge is 0.237 e. The Morgan fingerprint density at radius 3 is 2.43 bits per heavy atom. The molecule has 1 heterocycles. The van der Waals surface area contributed by atoms with Gasteiger partial charge in [0, 0.05) is 38.3 Å². The van der Waals surface area contributed by atoms with E-state index in [2.05, 4.69) is 29.0 Å². The number of carbonyl (C=O) groups excluding carboxylic acids is 1. The maximum absolute atomic E-state index is 11.8. The number of rotatable bonds is 8. The Morgan fingerprint density at radius 2 is 1.95 bits per heavy atom. The van der Waals surface area contributed by atoms with Crippen LogP contribution in [0.2, 0.25) is 0 Å². The van der Waals surface area contributed by atoms with Crippen LogP contribution in [0.3, 0.4) is 0 Å². The van der Waals surface area contributed by atoms with E-state index < -0.39 is 5.54 Å².